The fourth-order valence-corrected chi connectivity index (χ4v) is 1.84. The number of carbonyl (C=O) groups excluding carboxylic acids is 2. The van der Waals surface area contributed by atoms with E-state index in [1.807, 2.05) is 0 Å². The number of hydrogen-bond acceptors (Lipinski definition) is 4. The van der Waals surface area contributed by atoms with Crippen molar-refractivity contribution in [1.29, 1.82) is 0 Å². The van der Waals surface area contributed by atoms with E-state index in [9.17, 15) is 19.7 Å². The first-order valence-corrected chi connectivity index (χ1v) is 5.05. The minimum Gasteiger partial charge on any atom is -0.285 e. The zero-order valence-electron chi connectivity index (χ0n) is 9.12. The maximum absolute atomic E-state index is 11.7. The van der Waals surface area contributed by atoms with Gasteiger partial charge in [0.2, 0.25) is 11.8 Å². The minimum absolute atomic E-state index is 0.0288. The Morgan fingerprint density at radius 3 is 2.29 bits per heavy atom. The van der Waals surface area contributed by atoms with Crippen LogP contribution in [0.4, 0.5) is 5.69 Å². The molecule has 2 rings (SSSR count). The van der Waals surface area contributed by atoms with Gasteiger partial charge in [0.25, 0.3) is 5.69 Å². The van der Waals surface area contributed by atoms with Crippen molar-refractivity contribution in [3.63, 3.8) is 0 Å². The molecule has 1 aromatic rings. The smallest absolute Gasteiger partial charge is 0.269 e. The van der Waals surface area contributed by atoms with Crippen molar-refractivity contribution < 1.29 is 14.5 Å². The number of amides is 2. The first-order valence-electron chi connectivity index (χ1n) is 5.05. The topological polar surface area (TPSA) is 80.5 Å². The van der Waals surface area contributed by atoms with Gasteiger partial charge in [-0.05, 0) is 5.56 Å². The number of likely N-dealkylation sites (tertiary alicyclic amines) is 1. The van der Waals surface area contributed by atoms with Gasteiger partial charge < -0.3 is 0 Å². The van der Waals surface area contributed by atoms with Crippen LogP contribution in [-0.4, -0.2) is 28.7 Å². The summed E-state index contributed by atoms with van der Waals surface area (Å²) in [5.41, 5.74) is 0.608. The number of benzene rings is 1. The summed E-state index contributed by atoms with van der Waals surface area (Å²) in [6, 6.07) is 5.72. The fraction of sp³-hybridized carbons (Fsp3) is 0.273. The van der Waals surface area contributed by atoms with Crippen LogP contribution in [0.15, 0.2) is 24.3 Å². The maximum Gasteiger partial charge on any atom is 0.269 e. The Morgan fingerprint density at radius 2 is 1.88 bits per heavy atom. The molecule has 0 aliphatic carbocycles. The highest BCUT2D eigenvalue weighted by molar-refractivity contribution is 6.05. The SMILES string of the molecule is CN1C(=O)CC(c2ccc([N+](=O)[O-])cc2)C1=O. The Balaban J connectivity index is 2.27. The molecule has 0 saturated carbocycles. The van der Waals surface area contributed by atoms with E-state index < -0.39 is 10.8 Å². The van der Waals surface area contributed by atoms with Crippen LogP contribution >= 0.6 is 0 Å². The lowest BCUT2D eigenvalue weighted by Crippen LogP contribution is -2.25. The zero-order valence-corrected chi connectivity index (χ0v) is 9.12. The molecule has 1 aliphatic rings. The lowest BCUT2D eigenvalue weighted by Gasteiger charge is -2.08. The molecule has 1 atom stereocenters. The Kier molecular flexibility index (Phi) is 2.63. The molecule has 6 nitrogen and oxygen atoms in total. The second-order valence-electron chi connectivity index (χ2n) is 3.90. The van der Waals surface area contributed by atoms with Crippen molar-refractivity contribution in [3.8, 4) is 0 Å². The standard InChI is InChI=1S/C11H10N2O4/c1-12-10(14)6-9(11(12)15)7-2-4-8(5-3-7)13(16)17/h2-5,9H,6H2,1H3. The second-order valence-corrected chi connectivity index (χ2v) is 3.90. The number of hydrogen-bond donors (Lipinski definition) is 0. The van der Waals surface area contributed by atoms with E-state index in [4.69, 9.17) is 0 Å². The quantitative estimate of drug-likeness (QED) is 0.435. The van der Waals surface area contributed by atoms with Crippen LogP contribution in [0.1, 0.15) is 17.9 Å². The number of nitro benzene ring substituents is 1. The molecule has 6 heteroatoms. The van der Waals surface area contributed by atoms with Gasteiger partial charge in [-0.1, -0.05) is 12.1 Å². The molecule has 0 bridgehead atoms. The van der Waals surface area contributed by atoms with E-state index >= 15 is 0 Å². The predicted octanol–water partition coefficient (Wildman–Crippen LogP) is 1.07. The van der Waals surface area contributed by atoms with E-state index in [0.717, 1.165) is 4.90 Å². The monoisotopic (exact) mass is 234 g/mol. The average molecular weight is 234 g/mol. The van der Waals surface area contributed by atoms with Crippen molar-refractivity contribution in [2.24, 2.45) is 0 Å². The van der Waals surface area contributed by atoms with Gasteiger partial charge in [-0.15, -0.1) is 0 Å². The average Bonchev–Trinajstić information content (AvgIpc) is 2.57. The van der Waals surface area contributed by atoms with E-state index in [1.54, 1.807) is 0 Å². The highest BCUT2D eigenvalue weighted by Crippen LogP contribution is 2.29. The molecule has 2 amide bonds. The van der Waals surface area contributed by atoms with Crippen LogP contribution in [0.25, 0.3) is 0 Å². The Hall–Kier alpha value is -2.24. The van der Waals surface area contributed by atoms with Gasteiger partial charge in [0.15, 0.2) is 0 Å². The van der Waals surface area contributed by atoms with Crippen molar-refractivity contribution in [2.75, 3.05) is 7.05 Å². The molecule has 88 valence electrons. The first-order chi connectivity index (χ1) is 8.00. The molecule has 1 unspecified atom stereocenters. The molecule has 17 heavy (non-hydrogen) atoms. The lowest BCUT2D eigenvalue weighted by molar-refractivity contribution is -0.384. The second kappa shape index (κ2) is 3.97. The van der Waals surface area contributed by atoms with Crippen LogP contribution in [-0.2, 0) is 9.59 Å². The summed E-state index contributed by atoms with van der Waals surface area (Å²) in [6.07, 6.45) is 0.132. The third-order valence-corrected chi connectivity index (χ3v) is 2.89. The Bertz CT molecular complexity index is 495. The number of likely N-dealkylation sites (N-methyl/N-ethyl adjacent to an activating group) is 1. The molecule has 1 fully saturated rings. The van der Waals surface area contributed by atoms with E-state index in [1.165, 1.54) is 31.3 Å². The van der Waals surface area contributed by atoms with Crippen LogP contribution in [0.2, 0.25) is 0 Å². The number of rotatable bonds is 2. The fourth-order valence-electron chi connectivity index (χ4n) is 1.84. The summed E-state index contributed by atoms with van der Waals surface area (Å²) in [5.74, 6) is -0.990. The van der Waals surface area contributed by atoms with Gasteiger partial charge in [-0.2, -0.15) is 0 Å². The van der Waals surface area contributed by atoms with Crippen molar-refractivity contribution >= 4 is 17.5 Å². The summed E-state index contributed by atoms with van der Waals surface area (Å²) in [5, 5.41) is 10.5. The highest BCUT2D eigenvalue weighted by Gasteiger charge is 2.36. The van der Waals surface area contributed by atoms with Gasteiger partial charge in [-0.3, -0.25) is 24.6 Å². The van der Waals surface area contributed by atoms with E-state index in [0.29, 0.717) is 5.56 Å². The zero-order chi connectivity index (χ0) is 12.6. The van der Waals surface area contributed by atoms with E-state index in [2.05, 4.69) is 0 Å². The first kappa shape index (κ1) is 11.3. The molecule has 0 N–H and O–H groups in total. The van der Waals surface area contributed by atoms with Gasteiger partial charge in [0.1, 0.15) is 0 Å². The molecular formula is C11H10N2O4. The lowest BCUT2D eigenvalue weighted by atomic mass is 9.97. The largest absolute Gasteiger partial charge is 0.285 e. The van der Waals surface area contributed by atoms with Crippen LogP contribution in [0.5, 0.6) is 0 Å². The summed E-state index contributed by atoms with van der Waals surface area (Å²) < 4.78 is 0. The molecule has 1 aliphatic heterocycles. The third kappa shape index (κ3) is 1.89. The van der Waals surface area contributed by atoms with Crippen molar-refractivity contribution in [1.82, 2.24) is 4.90 Å². The molecule has 0 spiro atoms. The highest BCUT2D eigenvalue weighted by atomic mass is 16.6. The predicted molar refractivity (Wildman–Crippen MR) is 58.2 cm³/mol. The molecule has 1 aromatic carbocycles. The number of nitro groups is 1. The van der Waals surface area contributed by atoms with Gasteiger partial charge in [0, 0.05) is 25.6 Å². The normalized spacial score (nSPS) is 19.8. The Labute approximate surface area is 97.0 Å². The number of carbonyl (C=O) groups is 2. The number of nitrogens with zero attached hydrogens (tertiary/aromatic N) is 2. The van der Waals surface area contributed by atoms with E-state index in [-0.39, 0.29) is 23.9 Å². The van der Waals surface area contributed by atoms with Crippen molar-refractivity contribution in [2.45, 2.75) is 12.3 Å². The van der Waals surface area contributed by atoms with Gasteiger partial charge >= 0.3 is 0 Å². The molecule has 0 radical (unpaired) electrons. The van der Waals surface area contributed by atoms with Crippen molar-refractivity contribution in [3.05, 3.63) is 39.9 Å². The summed E-state index contributed by atoms with van der Waals surface area (Å²) in [4.78, 5) is 34.1. The maximum atomic E-state index is 11.7. The van der Waals surface area contributed by atoms with Gasteiger partial charge in [0.05, 0.1) is 10.8 Å². The summed E-state index contributed by atoms with van der Waals surface area (Å²) >= 11 is 0. The minimum atomic E-state index is -0.506. The molecule has 1 heterocycles. The van der Waals surface area contributed by atoms with Crippen LogP contribution in [0.3, 0.4) is 0 Å². The molecule has 0 aromatic heterocycles. The summed E-state index contributed by atoms with van der Waals surface area (Å²) in [6.45, 7) is 0. The third-order valence-electron chi connectivity index (χ3n) is 2.89. The number of imide groups is 1. The van der Waals surface area contributed by atoms with Gasteiger partial charge in [-0.25, -0.2) is 0 Å². The number of non-ortho nitro benzene ring substituents is 1. The molecular weight excluding hydrogens is 224 g/mol. The molecule has 1 saturated heterocycles. The van der Waals surface area contributed by atoms with Crippen LogP contribution in [0, 0.1) is 10.1 Å². The Morgan fingerprint density at radius 1 is 1.29 bits per heavy atom. The van der Waals surface area contributed by atoms with Crippen LogP contribution < -0.4 is 0 Å². The summed E-state index contributed by atoms with van der Waals surface area (Å²) in [7, 11) is 1.44.